The molecule has 0 saturated carbocycles. The van der Waals surface area contributed by atoms with E-state index in [0.717, 1.165) is 0 Å². The van der Waals surface area contributed by atoms with Crippen molar-refractivity contribution in [2.75, 3.05) is 11.5 Å². The molecule has 0 heterocycles. The Labute approximate surface area is 129 Å². The number of halogens is 1. The second-order valence-electron chi connectivity index (χ2n) is 4.37. The minimum atomic E-state index is -1.33. The number of nitrogens with zero attached hydrogens (tertiary/aromatic N) is 1. The molecule has 7 heteroatoms. The highest BCUT2D eigenvalue weighted by atomic mass is 35.5. The Balaban J connectivity index is 2.13. The molecule has 110 valence electrons. The van der Waals surface area contributed by atoms with Crippen LogP contribution in [0.5, 0.6) is 0 Å². The number of anilines is 1. The summed E-state index contributed by atoms with van der Waals surface area (Å²) in [7, 11) is -1.33. The predicted octanol–water partition coefficient (Wildman–Crippen LogP) is 3.18. The SMILES string of the molecule is Nc1cc(Cl)ccc1S(=O)CCc1ccccc1[N+](=O)[O-]. The number of rotatable bonds is 5. The van der Waals surface area contributed by atoms with E-state index in [-0.39, 0.29) is 11.4 Å². The van der Waals surface area contributed by atoms with E-state index in [2.05, 4.69) is 0 Å². The molecular weight excluding hydrogens is 312 g/mol. The van der Waals surface area contributed by atoms with Crippen molar-refractivity contribution in [2.24, 2.45) is 0 Å². The van der Waals surface area contributed by atoms with E-state index in [1.54, 1.807) is 36.4 Å². The third-order valence-corrected chi connectivity index (χ3v) is 4.63. The van der Waals surface area contributed by atoms with Crippen LogP contribution in [0, 0.1) is 10.1 Å². The fourth-order valence-corrected chi connectivity index (χ4v) is 3.29. The number of benzene rings is 2. The molecule has 0 aromatic heterocycles. The van der Waals surface area contributed by atoms with Gasteiger partial charge in [0.15, 0.2) is 0 Å². The molecule has 0 aliphatic rings. The van der Waals surface area contributed by atoms with Crippen LogP contribution in [-0.2, 0) is 17.2 Å². The van der Waals surface area contributed by atoms with Crippen LogP contribution in [0.1, 0.15) is 5.56 Å². The van der Waals surface area contributed by atoms with Crippen molar-refractivity contribution < 1.29 is 9.13 Å². The summed E-state index contributed by atoms with van der Waals surface area (Å²) in [4.78, 5) is 11.0. The van der Waals surface area contributed by atoms with Crippen molar-refractivity contribution >= 4 is 33.8 Å². The Kier molecular flexibility index (Phi) is 4.93. The van der Waals surface area contributed by atoms with Gasteiger partial charge in [0.25, 0.3) is 5.69 Å². The number of para-hydroxylation sites is 1. The quantitative estimate of drug-likeness (QED) is 0.520. The first kappa shape index (κ1) is 15.5. The zero-order chi connectivity index (χ0) is 15.4. The monoisotopic (exact) mass is 324 g/mol. The highest BCUT2D eigenvalue weighted by Crippen LogP contribution is 2.23. The molecule has 1 atom stereocenters. The first-order valence-electron chi connectivity index (χ1n) is 6.14. The van der Waals surface area contributed by atoms with Gasteiger partial charge in [0.1, 0.15) is 0 Å². The van der Waals surface area contributed by atoms with E-state index >= 15 is 0 Å². The van der Waals surface area contributed by atoms with Gasteiger partial charge in [-0.25, -0.2) is 0 Å². The summed E-state index contributed by atoms with van der Waals surface area (Å²) >= 11 is 5.80. The lowest BCUT2D eigenvalue weighted by atomic mass is 10.1. The average molecular weight is 325 g/mol. The predicted molar refractivity (Wildman–Crippen MR) is 83.9 cm³/mol. The molecule has 2 N–H and O–H groups in total. The minimum Gasteiger partial charge on any atom is -0.398 e. The van der Waals surface area contributed by atoms with Gasteiger partial charge in [-0.1, -0.05) is 29.8 Å². The summed E-state index contributed by atoms with van der Waals surface area (Å²) in [6, 6.07) is 11.2. The van der Waals surface area contributed by atoms with Crippen molar-refractivity contribution in [2.45, 2.75) is 11.3 Å². The first-order chi connectivity index (χ1) is 9.99. The zero-order valence-corrected chi connectivity index (χ0v) is 12.6. The number of hydrogen-bond donors (Lipinski definition) is 1. The molecule has 2 rings (SSSR count). The average Bonchev–Trinajstić information content (AvgIpc) is 2.45. The number of nitrogens with two attached hydrogens (primary N) is 1. The molecule has 0 fully saturated rings. The Morgan fingerprint density at radius 1 is 1.24 bits per heavy atom. The van der Waals surface area contributed by atoms with Crippen LogP contribution < -0.4 is 5.73 Å². The molecule has 0 radical (unpaired) electrons. The lowest BCUT2D eigenvalue weighted by molar-refractivity contribution is -0.385. The van der Waals surface area contributed by atoms with Gasteiger partial charge in [-0.2, -0.15) is 0 Å². The molecular formula is C14H13ClN2O3S. The van der Waals surface area contributed by atoms with Gasteiger partial charge in [-0.15, -0.1) is 0 Å². The van der Waals surface area contributed by atoms with E-state index in [1.807, 2.05) is 0 Å². The number of nitro groups is 1. The topological polar surface area (TPSA) is 86.2 Å². The van der Waals surface area contributed by atoms with Crippen molar-refractivity contribution in [1.29, 1.82) is 0 Å². The van der Waals surface area contributed by atoms with Gasteiger partial charge >= 0.3 is 0 Å². The number of nitrogen functional groups attached to an aromatic ring is 1. The summed E-state index contributed by atoms with van der Waals surface area (Å²) in [5.41, 5.74) is 6.75. The highest BCUT2D eigenvalue weighted by Gasteiger charge is 2.14. The first-order valence-corrected chi connectivity index (χ1v) is 7.84. The van der Waals surface area contributed by atoms with E-state index in [0.29, 0.717) is 27.6 Å². The van der Waals surface area contributed by atoms with Crippen LogP contribution in [0.2, 0.25) is 5.02 Å². The Bertz CT molecular complexity index is 706. The van der Waals surface area contributed by atoms with Crippen LogP contribution in [0.4, 0.5) is 11.4 Å². The van der Waals surface area contributed by atoms with Crippen LogP contribution in [-0.4, -0.2) is 14.9 Å². The van der Waals surface area contributed by atoms with E-state index in [4.69, 9.17) is 17.3 Å². The second-order valence-corrected chi connectivity index (χ2v) is 6.34. The van der Waals surface area contributed by atoms with Crippen LogP contribution in [0.3, 0.4) is 0 Å². The molecule has 2 aromatic rings. The Morgan fingerprint density at radius 3 is 2.62 bits per heavy atom. The maximum Gasteiger partial charge on any atom is 0.272 e. The van der Waals surface area contributed by atoms with Gasteiger partial charge in [-0.3, -0.25) is 14.3 Å². The lowest BCUT2D eigenvalue weighted by Crippen LogP contribution is -2.06. The van der Waals surface area contributed by atoms with Crippen LogP contribution in [0.15, 0.2) is 47.4 Å². The molecule has 0 spiro atoms. The molecule has 0 aliphatic heterocycles. The Morgan fingerprint density at radius 2 is 1.95 bits per heavy atom. The van der Waals surface area contributed by atoms with Crippen LogP contribution in [0.25, 0.3) is 0 Å². The standard InChI is InChI=1S/C14H13ClN2O3S/c15-11-5-6-14(12(16)9-11)21(20)8-7-10-3-1-2-4-13(10)17(18)19/h1-6,9H,7-8,16H2. The summed E-state index contributed by atoms with van der Waals surface area (Å²) in [6.45, 7) is 0. The zero-order valence-electron chi connectivity index (χ0n) is 11.0. The minimum absolute atomic E-state index is 0.0404. The fourth-order valence-electron chi connectivity index (χ4n) is 1.94. The van der Waals surface area contributed by atoms with Crippen molar-refractivity contribution in [3.63, 3.8) is 0 Å². The van der Waals surface area contributed by atoms with Gasteiger partial charge in [-0.05, 0) is 24.6 Å². The van der Waals surface area contributed by atoms with Gasteiger partial charge in [0, 0.05) is 28.1 Å². The normalized spacial score (nSPS) is 12.0. The fraction of sp³-hybridized carbons (Fsp3) is 0.143. The summed E-state index contributed by atoms with van der Waals surface area (Å²) in [5.74, 6) is 0.261. The van der Waals surface area contributed by atoms with Crippen LogP contribution >= 0.6 is 11.6 Å². The maximum absolute atomic E-state index is 12.2. The van der Waals surface area contributed by atoms with Gasteiger partial charge in [0.2, 0.25) is 0 Å². The molecule has 0 saturated heterocycles. The summed E-state index contributed by atoms with van der Waals surface area (Å²) in [6.07, 6.45) is 0.339. The Hall–Kier alpha value is -1.92. The molecule has 5 nitrogen and oxygen atoms in total. The second kappa shape index (κ2) is 6.69. The van der Waals surface area contributed by atoms with Crippen molar-refractivity contribution in [1.82, 2.24) is 0 Å². The highest BCUT2D eigenvalue weighted by molar-refractivity contribution is 7.85. The third-order valence-electron chi connectivity index (χ3n) is 2.96. The molecule has 2 aromatic carbocycles. The van der Waals surface area contributed by atoms with E-state index in [1.165, 1.54) is 6.07 Å². The van der Waals surface area contributed by atoms with E-state index in [9.17, 15) is 14.3 Å². The summed E-state index contributed by atoms with van der Waals surface area (Å²) in [5, 5.41) is 11.4. The molecule has 0 bridgehead atoms. The smallest absolute Gasteiger partial charge is 0.272 e. The number of nitro benzene ring substituents is 1. The number of hydrogen-bond acceptors (Lipinski definition) is 4. The maximum atomic E-state index is 12.2. The van der Waals surface area contributed by atoms with Crippen molar-refractivity contribution in [3.8, 4) is 0 Å². The van der Waals surface area contributed by atoms with Gasteiger partial charge in [0.05, 0.1) is 20.6 Å². The van der Waals surface area contributed by atoms with E-state index < -0.39 is 15.7 Å². The third kappa shape index (κ3) is 3.80. The molecule has 21 heavy (non-hydrogen) atoms. The molecule has 0 amide bonds. The lowest BCUT2D eigenvalue weighted by Gasteiger charge is -2.06. The largest absolute Gasteiger partial charge is 0.398 e. The molecule has 0 aliphatic carbocycles. The molecule has 1 unspecified atom stereocenters. The van der Waals surface area contributed by atoms with Gasteiger partial charge < -0.3 is 5.73 Å². The van der Waals surface area contributed by atoms with Crippen molar-refractivity contribution in [3.05, 3.63) is 63.2 Å². The number of aryl methyl sites for hydroxylation is 1. The summed E-state index contributed by atoms with van der Waals surface area (Å²) < 4.78 is 12.2.